The van der Waals surface area contributed by atoms with Crippen molar-refractivity contribution in [1.82, 2.24) is 15.0 Å². The molecule has 3 heterocycles. The average Bonchev–Trinajstić information content (AvgIpc) is 3.67. The molecule has 0 amide bonds. The van der Waals surface area contributed by atoms with Crippen molar-refractivity contribution in [3.8, 4) is 45.3 Å². The molecule has 0 saturated carbocycles. The number of anilines is 3. The number of nitrogens with zero attached hydrogens (tertiary/aromatic N) is 4. The normalized spacial score (nSPS) is 13.5. The summed E-state index contributed by atoms with van der Waals surface area (Å²) in [7, 11) is 0. The first-order valence-electron chi connectivity index (χ1n) is 20.9. The van der Waals surface area contributed by atoms with Crippen LogP contribution < -0.4 is 4.90 Å². The molecule has 12 rings (SSSR count). The van der Waals surface area contributed by atoms with Crippen LogP contribution in [0.1, 0.15) is 6.85 Å². The van der Waals surface area contributed by atoms with E-state index in [2.05, 4.69) is 126 Å². The Balaban J connectivity index is 1.07. The Bertz CT molecular complexity index is 3660. The summed E-state index contributed by atoms with van der Waals surface area (Å²) in [5, 5.41) is 8.76. The Morgan fingerprint density at radius 1 is 0.429 bits per heavy atom. The third kappa shape index (κ3) is 4.81. The Morgan fingerprint density at radius 3 is 2.00 bits per heavy atom. The van der Waals surface area contributed by atoms with Crippen molar-refractivity contribution in [1.29, 1.82) is 0 Å². The second-order valence-electron chi connectivity index (χ2n) is 14.1. The average molecular weight is 736 g/mol. The predicted octanol–water partition coefficient (Wildman–Crippen LogP) is 14.2. The van der Waals surface area contributed by atoms with Gasteiger partial charge in [-0.25, -0.2) is 15.0 Å². The number of hydrogen-bond acceptors (Lipinski definition) is 5. The maximum Gasteiger partial charge on any atom is 0.164 e. The highest BCUT2D eigenvalue weighted by Crippen LogP contribution is 2.52. The highest BCUT2D eigenvalue weighted by molar-refractivity contribution is 7.25. The van der Waals surface area contributed by atoms with Crippen molar-refractivity contribution in [3.63, 3.8) is 0 Å². The van der Waals surface area contributed by atoms with Gasteiger partial charge in [-0.15, -0.1) is 11.3 Å². The molecule has 0 atom stereocenters. The molecule has 5 heteroatoms. The summed E-state index contributed by atoms with van der Waals surface area (Å²) in [6, 6.07) is 50.7. The SMILES string of the molecule is [2H]c1c([2H])c([2H])c(-c2nc(-c3ccc4sc5ccccc5c4c3)nc(-c3cccc4cc(N5c6cc7ccccc7cc6-c6cccc7cccc5c67)ccc34)n2)c([2H])c1[2H]. The van der Waals surface area contributed by atoms with Gasteiger partial charge < -0.3 is 4.90 Å². The maximum atomic E-state index is 8.86. The van der Waals surface area contributed by atoms with E-state index >= 15 is 0 Å². The Morgan fingerprint density at radius 2 is 1.12 bits per heavy atom. The molecule has 0 aliphatic carbocycles. The largest absolute Gasteiger partial charge is 0.309 e. The molecule has 0 radical (unpaired) electrons. The van der Waals surface area contributed by atoms with Crippen molar-refractivity contribution in [2.24, 2.45) is 0 Å². The summed E-state index contributed by atoms with van der Waals surface area (Å²) in [5.41, 5.74) is 6.95. The molecule has 9 aromatic carbocycles. The first-order chi connectivity index (χ1) is 29.8. The lowest BCUT2D eigenvalue weighted by atomic mass is 9.89. The van der Waals surface area contributed by atoms with Gasteiger partial charge in [0.15, 0.2) is 17.5 Å². The molecule has 260 valence electrons. The van der Waals surface area contributed by atoms with E-state index < -0.39 is 18.1 Å². The fraction of sp³-hybridized carbons (Fsp3) is 0. The van der Waals surface area contributed by atoms with E-state index in [4.69, 9.17) is 21.8 Å². The molecule has 4 nitrogen and oxygen atoms in total. The van der Waals surface area contributed by atoms with Gasteiger partial charge in [-0.2, -0.15) is 0 Å². The number of thiophene rings is 1. The van der Waals surface area contributed by atoms with Gasteiger partial charge in [0.1, 0.15) is 0 Å². The second-order valence-corrected chi connectivity index (χ2v) is 15.1. The number of rotatable bonds is 4. The van der Waals surface area contributed by atoms with Gasteiger partial charge in [0, 0.05) is 53.5 Å². The van der Waals surface area contributed by atoms with E-state index in [1.807, 2.05) is 30.3 Å². The molecule has 1 aliphatic rings. The van der Waals surface area contributed by atoms with Crippen molar-refractivity contribution in [2.75, 3.05) is 4.90 Å². The summed E-state index contributed by atoms with van der Waals surface area (Å²) in [6.07, 6.45) is 0. The maximum absolute atomic E-state index is 8.86. The lowest BCUT2D eigenvalue weighted by Gasteiger charge is -2.34. The predicted molar refractivity (Wildman–Crippen MR) is 235 cm³/mol. The third-order valence-electron chi connectivity index (χ3n) is 10.9. The van der Waals surface area contributed by atoms with Crippen LogP contribution in [-0.4, -0.2) is 15.0 Å². The molecule has 0 fully saturated rings. The second kappa shape index (κ2) is 12.2. The van der Waals surface area contributed by atoms with Crippen molar-refractivity contribution >= 4 is 80.9 Å². The van der Waals surface area contributed by atoms with Gasteiger partial charge in [-0.3, -0.25) is 0 Å². The van der Waals surface area contributed by atoms with Gasteiger partial charge >= 0.3 is 0 Å². The van der Waals surface area contributed by atoms with Crippen LogP contribution in [0.15, 0.2) is 182 Å². The van der Waals surface area contributed by atoms with Crippen LogP contribution in [0.4, 0.5) is 17.1 Å². The number of benzene rings is 9. The van der Waals surface area contributed by atoms with Crippen LogP contribution in [0.2, 0.25) is 0 Å². The van der Waals surface area contributed by atoms with Crippen molar-refractivity contribution in [2.45, 2.75) is 0 Å². The number of hydrogen-bond donors (Lipinski definition) is 0. The van der Waals surface area contributed by atoms with Gasteiger partial charge in [0.05, 0.1) is 18.2 Å². The summed E-state index contributed by atoms with van der Waals surface area (Å²) in [6.45, 7) is 0. The van der Waals surface area contributed by atoms with Crippen LogP contribution >= 0.6 is 11.3 Å². The Kier molecular flexibility index (Phi) is 5.76. The molecular formula is C51H30N4S. The van der Waals surface area contributed by atoms with Gasteiger partial charge in [-0.1, -0.05) is 127 Å². The summed E-state index contributed by atoms with van der Waals surface area (Å²) in [5.74, 6) is 0.667. The van der Waals surface area contributed by atoms with Crippen LogP contribution in [0.25, 0.3) is 97.8 Å². The molecular weight excluding hydrogens is 701 g/mol. The van der Waals surface area contributed by atoms with E-state index in [-0.39, 0.29) is 23.5 Å². The van der Waals surface area contributed by atoms with Crippen LogP contribution in [0.5, 0.6) is 0 Å². The highest BCUT2D eigenvalue weighted by Gasteiger charge is 2.27. The monoisotopic (exact) mass is 735 g/mol. The van der Waals surface area contributed by atoms with Crippen LogP contribution in [0, 0.1) is 0 Å². The zero-order valence-corrected chi connectivity index (χ0v) is 30.4. The molecule has 0 bridgehead atoms. The van der Waals surface area contributed by atoms with E-state index in [0.29, 0.717) is 11.6 Å². The lowest BCUT2D eigenvalue weighted by Crippen LogP contribution is -2.15. The first kappa shape index (κ1) is 26.5. The lowest BCUT2D eigenvalue weighted by molar-refractivity contribution is 1.08. The minimum absolute atomic E-state index is 0.00445. The molecule has 11 aromatic rings. The molecule has 0 unspecified atom stereocenters. The van der Waals surface area contributed by atoms with Gasteiger partial charge in [0.25, 0.3) is 0 Å². The van der Waals surface area contributed by atoms with Crippen LogP contribution in [-0.2, 0) is 0 Å². The van der Waals surface area contributed by atoms with Crippen LogP contribution in [0.3, 0.4) is 0 Å². The smallest absolute Gasteiger partial charge is 0.164 e. The summed E-state index contributed by atoms with van der Waals surface area (Å²) >= 11 is 1.71. The van der Waals surface area contributed by atoms with E-state index in [1.54, 1.807) is 11.3 Å². The quantitative estimate of drug-likeness (QED) is 0.180. The van der Waals surface area contributed by atoms with Crippen molar-refractivity contribution in [3.05, 3.63) is 182 Å². The Hall–Kier alpha value is -7.21. The molecule has 1 aliphatic heterocycles. The highest BCUT2D eigenvalue weighted by atomic mass is 32.1. The van der Waals surface area contributed by atoms with Gasteiger partial charge in [-0.05, 0) is 87.1 Å². The van der Waals surface area contributed by atoms with Gasteiger partial charge in [0.2, 0.25) is 0 Å². The third-order valence-corrected chi connectivity index (χ3v) is 12.0. The minimum atomic E-state index is -0.475. The fourth-order valence-corrected chi connectivity index (χ4v) is 9.42. The van der Waals surface area contributed by atoms with Crippen molar-refractivity contribution < 1.29 is 6.85 Å². The minimum Gasteiger partial charge on any atom is -0.309 e. The molecule has 0 N–H and O–H groups in total. The van der Waals surface area contributed by atoms with E-state index in [1.165, 1.54) is 32.0 Å². The molecule has 2 aromatic heterocycles. The summed E-state index contributed by atoms with van der Waals surface area (Å²) < 4.78 is 45.2. The standard InChI is InChI=1S/C51H30N4S/c1-2-11-32(12-3-1)49-52-50(36-23-26-47-43(29-36)39-18-6-7-22-46(39)56-47)54-51(53-49)41-20-9-17-35-27-37(24-25-38(35)41)55-44-21-10-16-31-15-8-19-40(48(31)44)42-28-33-13-4-5-14-34(33)30-45(42)55/h1-30H/i1D,2D,3D,11D,12D. The molecule has 0 saturated heterocycles. The first-order valence-corrected chi connectivity index (χ1v) is 19.3. The zero-order valence-electron chi connectivity index (χ0n) is 34.6. The topological polar surface area (TPSA) is 41.9 Å². The number of fused-ring (bicyclic) bond motifs is 7. The molecule has 0 spiro atoms. The van der Waals surface area contributed by atoms with E-state index in [0.717, 1.165) is 59.8 Å². The fourth-order valence-electron chi connectivity index (χ4n) is 8.34. The molecule has 56 heavy (non-hydrogen) atoms. The summed E-state index contributed by atoms with van der Waals surface area (Å²) in [4.78, 5) is 17.2. The Labute approximate surface area is 333 Å². The number of aromatic nitrogens is 3. The van der Waals surface area contributed by atoms with E-state index in [9.17, 15) is 0 Å². The zero-order chi connectivity index (χ0) is 41.1.